The molecule has 0 aliphatic heterocycles. The van der Waals surface area contributed by atoms with Crippen molar-refractivity contribution in [3.8, 4) is 5.75 Å². The van der Waals surface area contributed by atoms with Crippen molar-refractivity contribution in [1.82, 2.24) is 10.2 Å². The highest BCUT2D eigenvalue weighted by Crippen LogP contribution is 2.17. The summed E-state index contributed by atoms with van der Waals surface area (Å²) < 4.78 is 6.14. The molecule has 0 spiro atoms. The van der Waals surface area contributed by atoms with Crippen molar-refractivity contribution in [3.63, 3.8) is 0 Å². The first kappa shape index (κ1) is 22.0. The van der Waals surface area contributed by atoms with Gasteiger partial charge in [0.05, 0.1) is 13.5 Å². The Kier molecular flexibility index (Phi) is 8.05. The molecule has 0 radical (unpaired) electrons. The van der Waals surface area contributed by atoms with Crippen LogP contribution in [-0.2, 0) is 22.6 Å². The minimum Gasteiger partial charge on any atom is -0.497 e. The van der Waals surface area contributed by atoms with E-state index in [9.17, 15) is 9.59 Å². The van der Waals surface area contributed by atoms with E-state index in [-0.39, 0.29) is 24.3 Å². The zero-order valence-electron chi connectivity index (χ0n) is 16.7. The molecule has 5 nitrogen and oxygen atoms in total. The zero-order chi connectivity index (χ0) is 20.7. The SMILES string of the molecule is COc1ccc(CC(=O)N(Cc2ccc(Br)cc2)C(C)C(=O)NC(C)C)cc1. The van der Waals surface area contributed by atoms with Gasteiger partial charge >= 0.3 is 0 Å². The van der Waals surface area contributed by atoms with Gasteiger partial charge in [-0.3, -0.25) is 9.59 Å². The van der Waals surface area contributed by atoms with Gasteiger partial charge in [0.1, 0.15) is 11.8 Å². The number of halogens is 1. The monoisotopic (exact) mass is 446 g/mol. The second-order valence-corrected chi connectivity index (χ2v) is 7.93. The fraction of sp³-hybridized carbons (Fsp3) is 0.364. The van der Waals surface area contributed by atoms with Gasteiger partial charge in [-0.1, -0.05) is 40.2 Å². The Morgan fingerprint density at radius 3 is 2.11 bits per heavy atom. The number of hydrogen-bond acceptors (Lipinski definition) is 3. The van der Waals surface area contributed by atoms with Gasteiger partial charge < -0.3 is 15.0 Å². The molecular weight excluding hydrogens is 420 g/mol. The van der Waals surface area contributed by atoms with Crippen molar-refractivity contribution in [2.24, 2.45) is 0 Å². The molecule has 28 heavy (non-hydrogen) atoms. The van der Waals surface area contributed by atoms with Gasteiger partial charge in [-0.25, -0.2) is 0 Å². The molecular formula is C22H27BrN2O3. The van der Waals surface area contributed by atoms with Crippen LogP contribution in [-0.4, -0.2) is 35.9 Å². The molecule has 0 aliphatic carbocycles. The van der Waals surface area contributed by atoms with Crippen LogP contribution in [0.1, 0.15) is 31.9 Å². The predicted octanol–water partition coefficient (Wildman–Crippen LogP) is 3.94. The van der Waals surface area contributed by atoms with E-state index in [4.69, 9.17) is 4.74 Å². The molecule has 1 unspecified atom stereocenters. The van der Waals surface area contributed by atoms with Crippen LogP contribution in [0.15, 0.2) is 53.0 Å². The lowest BCUT2D eigenvalue weighted by Gasteiger charge is -2.29. The van der Waals surface area contributed by atoms with Gasteiger partial charge in [-0.15, -0.1) is 0 Å². The number of hydrogen-bond donors (Lipinski definition) is 1. The Hall–Kier alpha value is -2.34. The maximum Gasteiger partial charge on any atom is 0.242 e. The standard InChI is InChI=1S/C22H27BrN2O3/c1-15(2)24-22(27)16(3)25(14-18-5-9-19(23)10-6-18)21(26)13-17-7-11-20(28-4)12-8-17/h5-12,15-16H,13-14H2,1-4H3,(H,24,27). The minimum atomic E-state index is -0.572. The van der Waals surface area contributed by atoms with Crippen LogP contribution in [0.25, 0.3) is 0 Å². The van der Waals surface area contributed by atoms with Crippen LogP contribution in [0.3, 0.4) is 0 Å². The average molecular weight is 447 g/mol. The second-order valence-electron chi connectivity index (χ2n) is 7.01. The molecule has 1 N–H and O–H groups in total. The third kappa shape index (κ3) is 6.37. The summed E-state index contributed by atoms with van der Waals surface area (Å²) in [5.41, 5.74) is 1.85. The Balaban J connectivity index is 2.20. The summed E-state index contributed by atoms with van der Waals surface area (Å²) in [6, 6.07) is 14.6. The van der Waals surface area contributed by atoms with Crippen molar-refractivity contribution < 1.29 is 14.3 Å². The topological polar surface area (TPSA) is 58.6 Å². The Morgan fingerprint density at radius 1 is 1.00 bits per heavy atom. The summed E-state index contributed by atoms with van der Waals surface area (Å²) in [6.45, 7) is 5.95. The molecule has 6 heteroatoms. The van der Waals surface area contributed by atoms with Gasteiger partial charge in [0.25, 0.3) is 0 Å². The van der Waals surface area contributed by atoms with Gasteiger partial charge in [0.15, 0.2) is 0 Å². The first-order valence-corrected chi connectivity index (χ1v) is 10.1. The van der Waals surface area contributed by atoms with Crippen molar-refractivity contribution in [3.05, 3.63) is 64.1 Å². The molecule has 0 fully saturated rings. The number of nitrogens with zero attached hydrogens (tertiary/aromatic N) is 1. The maximum absolute atomic E-state index is 13.1. The van der Waals surface area contributed by atoms with E-state index >= 15 is 0 Å². The van der Waals surface area contributed by atoms with Gasteiger partial charge in [-0.05, 0) is 56.2 Å². The normalized spacial score (nSPS) is 11.8. The fourth-order valence-corrected chi connectivity index (χ4v) is 3.06. The number of carbonyl (C=O) groups excluding carboxylic acids is 2. The van der Waals surface area contributed by atoms with Crippen LogP contribution < -0.4 is 10.1 Å². The highest BCUT2D eigenvalue weighted by molar-refractivity contribution is 9.10. The number of rotatable bonds is 8. The van der Waals surface area contributed by atoms with Gasteiger partial charge in [0, 0.05) is 17.1 Å². The van der Waals surface area contributed by atoms with E-state index in [1.807, 2.05) is 62.4 Å². The molecule has 0 aromatic heterocycles. The first-order chi connectivity index (χ1) is 13.3. The predicted molar refractivity (Wildman–Crippen MR) is 114 cm³/mol. The van der Waals surface area contributed by atoms with Crippen molar-refractivity contribution >= 4 is 27.7 Å². The van der Waals surface area contributed by atoms with Crippen LogP contribution in [0.2, 0.25) is 0 Å². The molecule has 2 aromatic rings. The largest absolute Gasteiger partial charge is 0.497 e. The third-order valence-corrected chi connectivity index (χ3v) is 4.91. The first-order valence-electron chi connectivity index (χ1n) is 9.27. The van der Waals surface area contributed by atoms with E-state index in [2.05, 4.69) is 21.2 Å². The molecule has 1 atom stereocenters. The highest BCUT2D eigenvalue weighted by atomic mass is 79.9. The number of benzene rings is 2. The van der Waals surface area contributed by atoms with E-state index in [0.717, 1.165) is 21.3 Å². The summed E-state index contributed by atoms with van der Waals surface area (Å²) in [6.07, 6.45) is 0.222. The van der Waals surface area contributed by atoms with Crippen molar-refractivity contribution in [2.45, 2.75) is 45.8 Å². The quantitative estimate of drug-likeness (QED) is 0.667. The van der Waals surface area contributed by atoms with Crippen LogP contribution in [0.5, 0.6) is 5.75 Å². The zero-order valence-corrected chi connectivity index (χ0v) is 18.3. The van der Waals surface area contributed by atoms with Crippen LogP contribution in [0, 0.1) is 0 Å². The molecule has 0 bridgehead atoms. The molecule has 0 heterocycles. The molecule has 0 aliphatic rings. The van der Waals surface area contributed by atoms with Gasteiger partial charge in [-0.2, -0.15) is 0 Å². The number of ether oxygens (including phenoxy) is 1. The van der Waals surface area contributed by atoms with Gasteiger partial charge in [0.2, 0.25) is 11.8 Å². The van der Waals surface area contributed by atoms with E-state index in [1.54, 1.807) is 18.9 Å². The van der Waals surface area contributed by atoms with Crippen molar-refractivity contribution in [1.29, 1.82) is 0 Å². The average Bonchev–Trinajstić information content (AvgIpc) is 2.67. The lowest BCUT2D eigenvalue weighted by molar-refractivity contribution is -0.140. The fourth-order valence-electron chi connectivity index (χ4n) is 2.79. The molecule has 2 aromatic carbocycles. The number of nitrogens with one attached hydrogen (secondary N) is 1. The summed E-state index contributed by atoms with van der Waals surface area (Å²) in [7, 11) is 1.61. The lowest BCUT2D eigenvalue weighted by Crippen LogP contribution is -2.49. The molecule has 0 saturated carbocycles. The van der Waals surface area contributed by atoms with Crippen molar-refractivity contribution in [2.75, 3.05) is 7.11 Å². The lowest BCUT2D eigenvalue weighted by atomic mass is 10.1. The van der Waals surface area contributed by atoms with E-state index < -0.39 is 6.04 Å². The molecule has 0 saturated heterocycles. The third-order valence-electron chi connectivity index (χ3n) is 4.38. The Morgan fingerprint density at radius 2 is 1.57 bits per heavy atom. The summed E-state index contributed by atoms with van der Waals surface area (Å²) >= 11 is 3.42. The minimum absolute atomic E-state index is 0.0150. The number of carbonyl (C=O) groups is 2. The summed E-state index contributed by atoms with van der Waals surface area (Å²) in [4.78, 5) is 27.3. The Bertz CT molecular complexity index is 788. The number of methoxy groups -OCH3 is 1. The molecule has 2 amide bonds. The maximum atomic E-state index is 13.1. The smallest absolute Gasteiger partial charge is 0.242 e. The summed E-state index contributed by atoms with van der Waals surface area (Å²) in [5.74, 6) is 0.488. The van der Waals surface area contributed by atoms with E-state index in [0.29, 0.717) is 6.54 Å². The second kappa shape index (κ2) is 10.3. The number of amides is 2. The Labute approximate surface area is 175 Å². The highest BCUT2D eigenvalue weighted by Gasteiger charge is 2.26. The van der Waals surface area contributed by atoms with Crippen LogP contribution in [0.4, 0.5) is 0 Å². The van der Waals surface area contributed by atoms with E-state index in [1.165, 1.54) is 0 Å². The summed E-state index contributed by atoms with van der Waals surface area (Å²) in [5, 5.41) is 2.89. The molecule has 150 valence electrons. The van der Waals surface area contributed by atoms with Crippen LogP contribution >= 0.6 is 15.9 Å². The molecule has 2 rings (SSSR count).